The summed E-state index contributed by atoms with van der Waals surface area (Å²) in [5, 5.41) is 10.8. The maximum atomic E-state index is 11.9. The third kappa shape index (κ3) is 3.35. The van der Waals surface area contributed by atoms with Crippen LogP contribution in [0.5, 0.6) is 0 Å². The number of carbonyl (C=O) groups is 1. The van der Waals surface area contributed by atoms with Crippen LogP contribution in [0.1, 0.15) is 11.1 Å². The predicted octanol–water partition coefficient (Wildman–Crippen LogP) is 5.13. The Morgan fingerprint density at radius 2 is 2.00 bits per heavy atom. The molecule has 0 saturated heterocycles. The molecule has 0 aliphatic rings. The number of hydrogen-bond donors (Lipinski definition) is 2. The lowest BCUT2D eigenvalue weighted by molar-refractivity contribution is 0.262. The zero-order valence-electron chi connectivity index (χ0n) is 12.2. The molecule has 0 spiro atoms. The van der Waals surface area contributed by atoms with Gasteiger partial charge in [-0.2, -0.15) is 0 Å². The predicted molar refractivity (Wildman–Crippen MR) is 94.0 cm³/mol. The van der Waals surface area contributed by atoms with Crippen LogP contribution in [-0.2, 0) is 0 Å². The maximum Gasteiger partial charge on any atom is 0.326 e. The van der Waals surface area contributed by atoms with E-state index in [2.05, 4.69) is 47.7 Å². The standard InChI is InChI=1S/C16H15N3OS2/c1-10-5-6-12(11(2)8-10)13-9-22-16(17-13)19-15(20)18-14-4-3-7-21-14/h3-9H,1-2H3,(H2,17,18,19,20). The van der Waals surface area contributed by atoms with Gasteiger partial charge in [0.1, 0.15) is 0 Å². The van der Waals surface area contributed by atoms with E-state index in [0.717, 1.165) is 16.3 Å². The Kier molecular flexibility index (Phi) is 4.22. The van der Waals surface area contributed by atoms with Gasteiger partial charge < -0.3 is 0 Å². The van der Waals surface area contributed by atoms with Crippen LogP contribution in [0.4, 0.5) is 14.9 Å². The molecule has 3 aromatic rings. The molecule has 112 valence electrons. The van der Waals surface area contributed by atoms with Crippen molar-refractivity contribution in [1.82, 2.24) is 4.98 Å². The normalized spacial score (nSPS) is 10.5. The molecule has 2 N–H and O–H groups in total. The summed E-state index contributed by atoms with van der Waals surface area (Å²) in [6, 6.07) is 9.73. The highest BCUT2D eigenvalue weighted by atomic mass is 32.1. The summed E-state index contributed by atoms with van der Waals surface area (Å²) in [5.74, 6) is 0. The summed E-state index contributed by atoms with van der Waals surface area (Å²) >= 11 is 2.90. The minimum absolute atomic E-state index is 0.274. The van der Waals surface area contributed by atoms with Gasteiger partial charge in [-0.15, -0.1) is 22.7 Å². The second kappa shape index (κ2) is 6.29. The molecule has 4 nitrogen and oxygen atoms in total. The van der Waals surface area contributed by atoms with Crippen LogP contribution in [0.2, 0.25) is 0 Å². The molecule has 0 saturated carbocycles. The van der Waals surface area contributed by atoms with E-state index < -0.39 is 0 Å². The first-order valence-corrected chi connectivity index (χ1v) is 8.52. The number of anilines is 2. The third-order valence-corrected chi connectivity index (χ3v) is 4.68. The zero-order chi connectivity index (χ0) is 15.5. The van der Waals surface area contributed by atoms with Gasteiger partial charge in [-0.1, -0.05) is 23.8 Å². The topological polar surface area (TPSA) is 54.0 Å². The van der Waals surface area contributed by atoms with Crippen LogP contribution < -0.4 is 10.6 Å². The molecule has 22 heavy (non-hydrogen) atoms. The second-order valence-corrected chi connectivity index (χ2v) is 6.72. The molecular formula is C16H15N3OS2. The molecule has 6 heteroatoms. The van der Waals surface area contributed by atoms with E-state index in [1.807, 2.05) is 22.9 Å². The monoisotopic (exact) mass is 329 g/mol. The lowest BCUT2D eigenvalue weighted by Gasteiger charge is -2.04. The molecule has 3 rings (SSSR count). The lowest BCUT2D eigenvalue weighted by atomic mass is 10.0. The Labute approximate surface area is 136 Å². The quantitative estimate of drug-likeness (QED) is 0.699. The van der Waals surface area contributed by atoms with Crippen LogP contribution in [-0.4, -0.2) is 11.0 Å². The Bertz CT molecular complexity index is 794. The number of hydrogen-bond acceptors (Lipinski definition) is 4. The number of carbonyl (C=O) groups excluding carboxylic acids is 1. The Morgan fingerprint density at radius 1 is 1.14 bits per heavy atom. The first-order valence-electron chi connectivity index (χ1n) is 6.76. The number of amides is 2. The van der Waals surface area contributed by atoms with Gasteiger partial charge in [0.2, 0.25) is 0 Å². The highest BCUT2D eigenvalue weighted by Gasteiger charge is 2.10. The van der Waals surface area contributed by atoms with E-state index in [1.165, 1.54) is 33.8 Å². The number of thiazole rings is 1. The average molecular weight is 329 g/mol. The van der Waals surface area contributed by atoms with Gasteiger partial charge in [0.05, 0.1) is 10.7 Å². The number of urea groups is 1. The molecule has 0 atom stereocenters. The Balaban J connectivity index is 1.72. The van der Waals surface area contributed by atoms with Crippen molar-refractivity contribution in [3.05, 3.63) is 52.2 Å². The molecule has 2 heterocycles. The van der Waals surface area contributed by atoms with E-state index in [-0.39, 0.29) is 6.03 Å². The molecule has 0 radical (unpaired) electrons. The molecule has 0 aliphatic heterocycles. The van der Waals surface area contributed by atoms with Crippen molar-refractivity contribution in [1.29, 1.82) is 0 Å². The van der Waals surface area contributed by atoms with Crippen molar-refractivity contribution in [3.8, 4) is 11.3 Å². The van der Waals surface area contributed by atoms with Gasteiger partial charge in [0.25, 0.3) is 0 Å². The Hall–Kier alpha value is -2.18. The van der Waals surface area contributed by atoms with Crippen molar-refractivity contribution >= 4 is 38.8 Å². The molecule has 0 bridgehead atoms. The zero-order valence-corrected chi connectivity index (χ0v) is 13.8. The van der Waals surface area contributed by atoms with Crippen LogP contribution in [0.15, 0.2) is 41.1 Å². The van der Waals surface area contributed by atoms with E-state index in [0.29, 0.717) is 5.13 Å². The van der Waals surface area contributed by atoms with Crippen LogP contribution in [0.25, 0.3) is 11.3 Å². The van der Waals surface area contributed by atoms with Crippen molar-refractivity contribution in [2.24, 2.45) is 0 Å². The fraction of sp³-hybridized carbons (Fsp3) is 0.125. The number of aromatic nitrogens is 1. The fourth-order valence-electron chi connectivity index (χ4n) is 2.15. The van der Waals surface area contributed by atoms with E-state index >= 15 is 0 Å². The van der Waals surface area contributed by atoms with E-state index in [9.17, 15) is 4.79 Å². The number of aryl methyl sites for hydroxylation is 2. The number of thiophene rings is 1. The first-order chi connectivity index (χ1) is 10.6. The van der Waals surface area contributed by atoms with Crippen LogP contribution in [0.3, 0.4) is 0 Å². The van der Waals surface area contributed by atoms with Crippen molar-refractivity contribution in [3.63, 3.8) is 0 Å². The van der Waals surface area contributed by atoms with Gasteiger partial charge in [0.15, 0.2) is 5.13 Å². The maximum absolute atomic E-state index is 11.9. The fourth-order valence-corrected chi connectivity index (χ4v) is 3.46. The van der Waals surface area contributed by atoms with Crippen molar-refractivity contribution in [2.45, 2.75) is 13.8 Å². The minimum Gasteiger partial charge on any atom is -0.299 e. The molecule has 2 aromatic heterocycles. The highest BCUT2D eigenvalue weighted by molar-refractivity contribution is 7.14. The van der Waals surface area contributed by atoms with Crippen molar-refractivity contribution in [2.75, 3.05) is 10.6 Å². The smallest absolute Gasteiger partial charge is 0.299 e. The van der Waals surface area contributed by atoms with Crippen LogP contribution >= 0.6 is 22.7 Å². The summed E-state index contributed by atoms with van der Waals surface area (Å²) in [7, 11) is 0. The Morgan fingerprint density at radius 3 is 2.73 bits per heavy atom. The number of benzene rings is 1. The van der Waals surface area contributed by atoms with Crippen molar-refractivity contribution < 1.29 is 4.79 Å². The first kappa shape index (κ1) is 14.7. The number of nitrogens with one attached hydrogen (secondary N) is 2. The van der Waals surface area contributed by atoms with Gasteiger partial charge in [0, 0.05) is 10.9 Å². The van der Waals surface area contributed by atoms with E-state index in [1.54, 1.807) is 0 Å². The van der Waals surface area contributed by atoms with Gasteiger partial charge in [-0.3, -0.25) is 10.6 Å². The van der Waals surface area contributed by atoms with Crippen LogP contribution in [0, 0.1) is 13.8 Å². The minimum atomic E-state index is -0.274. The average Bonchev–Trinajstić information content (AvgIpc) is 3.10. The molecule has 2 amide bonds. The summed E-state index contributed by atoms with van der Waals surface area (Å²) < 4.78 is 0. The van der Waals surface area contributed by atoms with Gasteiger partial charge in [-0.25, -0.2) is 9.78 Å². The molecule has 0 fully saturated rings. The van der Waals surface area contributed by atoms with Gasteiger partial charge in [-0.05, 0) is 36.9 Å². The molecular weight excluding hydrogens is 314 g/mol. The largest absolute Gasteiger partial charge is 0.326 e. The number of nitrogens with zero attached hydrogens (tertiary/aromatic N) is 1. The molecule has 0 unspecified atom stereocenters. The number of rotatable bonds is 3. The summed E-state index contributed by atoms with van der Waals surface area (Å²) in [4.78, 5) is 16.4. The molecule has 0 aliphatic carbocycles. The molecule has 1 aromatic carbocycles. The summed E-state index contributed by atoms with van der Waals surface area (Å²) in [6.07, 6.45) is 0. The second-order valence-electron chi connectivity index (χ2n) is 4.91. The lowest BCUT2D eigenvalue weighted by Crippen LogP contribution is -2.18. The third-order valence-electron chi connectivity index (χ3n) is 3.14. The summed E-state index contributed by atoms with van der Waals surface area (Å²) in [5.41, 5.74) is 4.38. The highest BCUT2D eigenvalue weighted by Crippen LogP contribution is 2.28. The van der Waals surface area contributed by atoms with Gasteiger partial charge >= 0.3 is 6.03 Å². The summed E-state index contributed by atoms with van der Waals surface area (Å²) in [6.45, 7) is 4.14. The van der Waals surface area contributed by atoms with E-state index in [4.69, 9.17) is 0 Å². The SMILES string of the molecule is Cc1ccc(-c2csc(NC(=O)Nc3cccs3)n2)c(C)c1.